The van der Waals surface area contributed by atoms with Crippen molar-refractivity contribution in [2.24, 2.45) is 5.73 Å². The topological polar surface area (TPSA) is 30.9 Å². The molecule has 3 aromatic rings. The van der Waals surface area contributed by atoms with Crippen LogP contribution in [0, 0.1) is 6.92 Å². The van der Waals surface area contributed by atoms with E-state index in [2.05, 4.69) is 66.2 Å². The largest absolute Gasteiger partial charge is 0.343 e. The molecule has 0 aliphatic heterocycles. The second-order valence-electron chi connectivity index (χ2n) is 5.36. The maximum atomic E-state index is 5.65. The highest BCUT2D eigenvalue weighted by molar-refractivity contribution is 5.81. The summed E-state index contributed by atoms with van der Waals surface area (Å²) in [6.45, 7) is 3.75. The lowest BCUT2D eigenvalue weighted by molar-refractivity contribution is 0.834. The van der Waals surface area contributed by atoms with Crippen LogP contribution >= 0.6 is 0 Å². The normalized spacial score (nSPS) is 11.1. The summed E-state index contributed by atoms with van der Waals surface area (Å²) in [6, 6.07) is 17.5. The van der Waals surface area contributed by atoms with E-state index >= 15 is 0 Å². The molecule has 0 amide bonds. The highest BCUT2D eigenvalue weighted by atomic mass is 14.9. The van der Waals surface area contributed by atoms with Gasteiger partial charge in [-0.3, -0.25) is 0 Å². The molecule has 0 spiro atoms. The molecule has 0 fully saturated rings. The number of aromatic nitrogens is 1. The van der Waals surface area contributed by atoms with E-state index in [0.29, 0.717) is 6.54 Å². The fourth-order valence-corrected chi connectivity index (χ4v) is 2.70. The fraction of sp³-hybridized carbons (Fsp3) is 0.222. The number of rotatable bonds is 4. The van der Waals surface area contributed by atoms with E-state index in [1.807, 2.05) is 0 Å². The Morgan fingerprint density at radius 3 is 2.70 bits per heavy atom. The van der Waals surface area contributed by atoms with Crippen LogP contribution < -0.4 is 5.73 Å². The third kappa shape index (κ3) is 2.61. The third-order valence-corrected chi connectivity index (χ3v) is 3.71. The predicted molar refractivity (Wildman–Crippen MR) is 85.0 cm³/mol. The first-order valence-corrected chi connectivity index (χ1v) is 7.09. The zero-order valence-electron chi connectivity index (χ0n) is 11.8. The lowest BCUT2D eigenvalue weighted by Gasteiger charge is -2.08. The summed E-state index contributed by atoms with van der Waals surface area (Å²) in [5.41, 5.74) is 10.9. The van der Waals surface area contributed by atoms with Gasteiger partial charge < -0.3 is 10.3 Å². The van der Waals surface area contributed by atoms with Crippen molar-refractivity contribution in [3.63, 3.8) is 0 Å². The van der Waals surface area contributed by atoms with Gasteiger partial charge in [0.25, 0.3) is 0 Å². The molecule has 2 heteroatoms. The predicted octanol–water partition coefficient (Wildman–Crippen LogP) is 3.50. The molecule has 0 unspecified atom stereocenters. The fourth-order valence-electron chi connectivity index (χ4n) is 2.70. The number of hydrogen-bond donors (Lipinski definition) is 1. The summed E-state index contributed by atoms with van der Waals surface area (Å²) in [7, 11) is 0. The first kappa shape index (κ1) is 12.9. The Morgan fingerprint density at radius 2 is 1.90 bits per heavy atom. The van der Waals surface area contributed by atoms with E-state index in [4.69, 9.17) is 5.73 Å². The van der Waals surface area contributed by atoms with E-state index in [1.165, 1.54) is 27.6 Å². The first-order chi connectivity index (χ1) is 9.76. The van der Waals surface area contributed by atoms with E-state index in [-0.39, 0.29) is 0 Å². The number of aryl methyl sites for hydroxylation is 1. The quantitative estimate of drug-likeness (QED) is 0.768. The number of fused-ring (bicyclic) bond motifs is 1. The summed E-state index contributed by atoms with van der Waals surface area (Å²) >= 11 is 0. The van der Waals surface area contributed by atoms with Gasteiger partial charge in [0.1, 0.15) is 0 Å². The smallest absolute Gasteiger partial charge is 0.0486 e. The van der Waals surface area contributed by atoms with Crippen LogP contribution in [0.25, 0.3) is 10.9 Å². The first-order valence-electron chi connectivity index (χ1n) is 7.09. The van der Waals surface area contributed by atoms with Crippen LogP contribution in [-0.2, 0) is 13.0 Å². The van der Waals surface area contributed by atoms with Crippen LogP contribution in [0.1, 0.15) is 16.7 Å². The van der Waals surface area contributed by atoms with Gasteiger partial charge in [0.15, 0.2) is 0 Å². The molecule has 3 rings (SSSR count). The summed E-state index contributed by atoms with van der Waals surface area (Å²) < 4.78 is 2.31. The average molecular weight is 264 g/mol. The van der Waals surface area contributed by atoms with Gasteiger partial charge in [0.05, 0.1) is 0 Å². The summed E-state index contributed by atoms with van der Waals surface area (Å²) in [5, 5.41) is 1.29. The Bertz CT molecular complexity index is 725. The lowest BCUT2D eigenvalue weighted by Crippen LogP contribution is -2.03. The molecule has 1 aromatic heterocycles. The van der Waals surface area contributed by atoms with Crippen molar-refractivity contribution in [3.05, 3.63) is 71.4 Å². The Morgan fingerprint density at radius 1 is 1.00 bits per heavy atom. The van der Waals surface area contributed by atoms with Crippen LogP contribution in [0.15, 0.2) is 54.7 Å². The minimum atomic E-state index is 0.699. The number of benzene rings is 2. The monoisotopic (exact) mass is 264 g/mol. The van der Waals surface area contributed by atoms with Crippen LogP contribution in [0.5, 0.6) is 0 Å². The highest BCUT2D eigenvalue weighted by Crippen LogP contribution is 2.19. The van der Waals surface area contributed by atoms with Crippen LogP contribution in [-0.4, -0.2) is 11.1 Å². The summed E-state index contributed by atoms with van der Waals surface area (Å²) in [4.78, 5) is 0. The Labute approximate surface area is 119 Å². The Balaban J connectivity index is 1.96. The van der Waals surface area contributed by atoms with Gasteiger partial charge in [-0.05, 0) is 48.5 Å². The molecule has 0 saturated carbocycles. The maximum Gasteiger partial charge on any atom is 0.0486 e. The average Bonchev–Trinajstić information content (AvgIpc) is 2.82. The van der Waals surface area contributed by atoms with Crippen molar-refractivity contribution >= 4 is 10.9 Å². The number of hydrogen-bond acceptors (Lipinski definition) is 1. The standard InChI is InChI=1S/C18H20N2/c1-14-3-2-4-16(11-14)13-20-10-8-17-6-5-15(7-9-19)12-18(17)20/h2-6,8,10-12H,7,9,13,19H2,1H3. The highest BCUT2D eigenvalue weighted by Gasteiger charge is 2.03. The molecule has 0 bridgehead atoms. The second kappa shape index (κ2) is 5.51. The van der Waals surface area contributed by atoms with E-state index < -0.39 is 0 Å². The lowest BCUT2D eigenvalue weighted by atomic mass is 10.1. The molecule has 2 nitrogen and oxygen atoms in total. The van der Waals surface area contributed by atoms with Gasteiger partial charge >= 0.3 is 0 Å². The van der Waals surface area contributed by atoms with Crippen LogP contribution in [0.3, 0.4) is 0 Å². The molecule has 0 aliphatic carbocycles. The van der Waals surface area contributed by atoms with Gasteiger partial charge in [-0.1, -0.05) is 42.0 Å². The second-order valence-corrected chi connectivity index (χ2v) is 5.36. The molecule has 2 N–H and O–H groups in total. The van der Waals surface area contributed by atoms with E-state index in [1.54, 1.807) is 0 Å². The Kier molecular flexibility index (Phi) is 3.57. The van der Waals surface area contributed by atoms with Gasteiger partial charge in [-0.15, -0.1) is 0 Å². The van der Waals surface area contributed by atoms with Crippen molar-refractivity contribution in [2.45, 2.75) is 19.9 Å². The van der Waals surface area contributed by atoms with Crippen LogP contribution in [0.2, 0.25) is 0 Å². The zero-order chi connectivity index (χ0) is 13.9. The molecule has 0 radical (unpaired) electrons. The molecule has 0 aliphatic rings. The van der Waals surface area contributed by atoms with Gasteiger partial charge in [-0.25, -0.2) is 0 Å². The van der Waals surface area contributed by atoms with Crippen molar-refractivity contribution in [3.8, 4) is 0 Å². The Hall–Kier alpha value is -2.06. The van der Waals surface area contributed by atoms with Crippen molar-refractivity contribution in [1.82, 2.24) is 4.57 Å². The molecule has 0 saturated heterocycles. The van der Waals surface area contributed by atoms with Crippen LogP contribution in [0.4, 0.5) is 0 Å². The summed E-state index contributed by atoms with van der Waals surface area (Å²) in [5.74, 6) is 0. The molecule has 102 valence electrons. The molecular formula is C18H20N2. The number of nitrogens with two attached hydrogens (primary N) is 1. The minimum Gasteiger partial charge on any atom is -0.343 e. The molecule has 2 aromatic carbocycles. The SMILES string of the molecule is Cc1cccc(Cn2ccc3ccc(CCN)cc32)c1. The molecule has 20 heavy (non-hydrogen) atoms. The molecular weight excluding hydrogens is 244 g/mol. The van der Waals surface area contributed by atoms with Crippen molar-refractivity contribution in [1.29, 1.82) is 0 Å². The zero-order valence-corrected chi connectivity index (χ0v) is 11.8. The van der Waals surface area contributed by atoms with E-state index in [9.17, 15) is 0 Å². The molecule has 0 atom stereocenters. The maximum absolute atomic E-state index is 5.65. The molecule has 1 heterocycles. The third-order valence-electron chi connectivity index (χ3n) is 3.71. The van der Waals surface area contributed by atoms with Gasteiger partial charge in [0.2, 0.25) is 0 Å². The minimum absolute atomic E-state index is 0.699. The number of nitrogens with zero attached hydrogens (tertiary/aromatic N) is 1. The van der Waals surface area contributed by atoms with Gasteiger partial charge in [0, 0.05) is 18.3 Å². The van der Waals surface area contributed by atoms with E-state index in [0.717, 1.165) is 13.0 Å². The van der Waals surface area contributed by atoms with Gasteiger partial charge in [-0.2, -0.15) is 0 Å². The van der Waals surface area contributed by atoms with Crippen molar-refractivity contribution in [2.75, 3.05) is 6.54 Å². The summed E-state index contributed by atoms with van der Waals surface area (Å²) in [6.07, 6.45) is 3.10. The van der Waals surface area contributed by atoms with Crippen molar-refractivity contribution < 1.29 is 0 Å².